The van der Waals surface area contributed by atoms with Gasteiger partial charge in [0.25, 0.3) is 5.91 Å². The molecule has 1 rings (SSSR count). The zero-order chi connectivity index (χ0) is 13.5. The topological polar surface area (TPSA) is 38.3 Å². The molecule has 3 nitrogen and oxygen atoms in total. The molecule has 0 radical (unpaired) electrons. The van der Waals surface area contributed by atoms with Crippen molar-refractivity contribution in [2.24, 2.45) is 0 Å². The maximum absolute atomic E-state index is 11.8. The lowest BCUT2D eigenvalue weighted by Gasteiger charge is -2.07. The molecule has 0 atom stereocenters. The molecule has 1 aromatic carbocycles. The molecule has 0 aliphatic carbocycles. The molecule has 0 aliphatic rings. The van der Waals surface area contributed by atoms with Gasteiger partial charge in [0.05, 0.1) is 13.2 Å². The highest BCUT2D eigenvalue weighted by molar-refractivity contribution is 6.31. The smallest absolute Gasteiger partial charge is 0.251 e. The van der Waals surface area contributed by atoms with Crippen LogP contribution >= 0.6 is 11.6 Å². The normalized spacial score (nSPS) is 10.2. The average molecular weight is 268 g/mol. The first-order valence-corrected chi connectivity index (χ1v) is 6.14. The number of hydrogen-bond acceptors (Lipinski definition) is 2. The Morgan fingerprint density at radius 3 is 2.78 bits per heavy atom. The first kappa shape index (κ1) is 14.7. The predicted octanol–water partition coefficient (Wildman–Crippen LogP) is 2.97. The van der Waals surface area contributed by atoms with Crippen LogP contribution in [0.1, 0.15) is 22.8 Å². The Balaban J connectivity index is 2.38. The summed E-state index contributed by atoms with van der Waals surface area (Å²) in [5, 5.41) is 3.34. The fraction of sp³-hybridized carbons (Fsp3) is 0.357. The Morgan fingerprint density at radius 2 is 2.17 bits per heavy atom. The quantitative estimate of drug-likeness (QED) is 0.636. The molecule has 0 saturated heterocycles. The summed E-state index contributed by atoms with van der Waals surface area (Å²) < 4.78 is 5.29. The molecule has 1 aromatic rings. The van der Waals surface area contributed by atoms with E-state index < -0.39 is 0 Å². The van der Waals surface area contributed by atoms with E-state index in [1.165, 1.54) is 0 Å². The van der Waals surface area contributed by atoms with Crippen LogP contribution in [0.15, 0.2) is 30.4 Å². The summed E-state index contributed by atoms with van der Waals surface area (Å²) in [6.45, 7) is 8.99. The van der Waals surface area contributed by atoms with E-state index in [4.69, 9.17) is 16.3 Å². The minimum atomic E-state index is -0.139. The molecule has 0 fully saturated rings. The number of carbonyl (C=O) groups is 1. The third-order valence-corrected chi connectivity index (χ3v) is 2.40. The maximum Gasteiger partial charge on any atom is 0.251 e. The number of nitrogens with one attached hydrogen (secondary N) is 1. The van der Waals surface area contributed by atoms with Gasteiger partial charge in [0.1, 0.15) is 0 Å². The largest absolute Gasteiger partial charge is 0.375 e. The van der Waals surface area contributed by atoms with Crippen molar-refractivity contribution in [3.05, 3.63) is 46.5 Å². The van der Waals surface area contributed by atoms with Gasteiger partial charge in [-0.25, -0.2) is 0 Å². The lowest BCUT2D eigenvalue weighted by Crippen LogP contribution is -2.27. The van der Waals surface area contributed by atoms with E-state index in [1.807, 2.05) is 19.9 Å². The van der Waals surface area contributed by atoms with Gasteiger partial charge in [-0.05, 0) is 37.6 Å². The Hall–Kier alpha value is -1.32. The minimum absolute atomic E-state index is 0.139. The van der Waals surface area contributed by atoms with Crippen LogP contribution in [-0.4, -0.2) is 25.7 Å². The number of aryl methyl sites for hydroxylation is 1. The third kappa shape index (κ3) is 5.34. The molecule has 1 amide bonds. The molecule has 18 heavy (non-hydrogen) atoms. The van der Waals surface area contributed by atoms with Gasteiger partial charge in [-0.3, -0.25) is 4.79 Å². The molecule has 1 N–H and O–H groups in total. The molecular weight excluding hydrogens is 250 g/mol. The number of halogens is 1. The summed E-state index contributed by atoms with van der Waals surface area (Å²) in [6, 6.07) is 5.27. The van der Waals surface area contributed by atoms with Crippen molar-refractivity contribution in [1.82, 2.24) is 5.32 Å². The van der Waals surface area contributed by atoms with Crippen molar-refractivity contribution in [3.63, 3.8) is 0 Å². The van der Waals surface area contributed by atoms with Gasteiger partial charge in [-0.1, -0.05) is 23.8 Å². The van der Waals surface area contributed by atoms with Crippen molar-refractivity contribution in [3.8, 4) is 0 Å². The van der Waals surface area contributed by atoms with E-state index in [9.17, 15) is 4.79 Å². The van der Waals surface area contributed by atoms with Crippen molar-refractivity contribution in [2.75, 3.05) is 19.8 Å². The zero-order valence-electron chi connectivity index (χ0n) is 10.8. The van der Waals surface area contributed by atoms with Crippen molar-refractivity contribution in [2.45, 2.75) is 13.8 Å². The van der Waals surface area contributed by atoms with Crippen molar-refractivity contribution < 1.29 is 9.53 Å². The first-order chi connectivity index (χ1) is 8.49. The summed E-state index contributed by atoms with van der Waals surface area (Å²) in [7, 11) is 0. The molecule has 0 aromatic heterocycles. The Labute approximate surface area is 113 Å². The summed E-state index contributed by atoms with van der Waals surface area (Å²) in [5.74, 6) is -0.139. The summed E-state index contributed by atoms with van der Waals surface area (Å²) >= 11 is 5.90. The minimum Gasteiger partial charge on any atom is -0.375 e. The second-order valence-electron chi connectivity index (χ2n) is 4.28. The number of benzene rings is 1. The van der Waals surface area contributed by atoms with Gasteiger partial charge in [-0.15, -0.1) is 0 Å². The van der Waals surface area contributed by atoms with Gasteiger partial charge >= 0.3 is 0 Å². The van der Waals surface area contributed by atoms with Gasteiger partial charge in [0.15, 0.2) is 0 Å². The van der Waals surface area contributed by atoms with Crippen LogP contribution in [0.3, 0.4) is 0 Å². The van der Waals surface area contributed by atoms with Gasteiger partial charge in [0, 0.05) is 17.1 Å². The van der Waals surface area contributed by atoms with E-state index in [0.717, 1.165) is 11.1 Å². The van der Waals surface area contributed by atoms with Crippen LogP contribution in [0, 0.1) is 6.92 Å². The lowest BCUT2D eigenvalue weighted by molar-refractivity contribution is 0.0926. The second kappa shape index (κ2) is 7.19. The Kier molecular flexibility index (Phi) is 5.89. The highest BCUT2D eigenvalue weighted by Crippen LogP contribution is 2.14. The highest BCUT2D eigenvalue weighted by Gasteiger charge is 2.06. The summed E-state index contributed by atoms with van der Waals surface area (Å²) in [5.41, 5.74) is 2.50. The molecule has 4 heteroatoms. The van der Waals surface area contributed by atoms with Crippen LogP contribution in [0.4, 0.5) is 0 Å². The maximum atomic E-state index is 11.8. The molecule has 98 valence electrons. The van der Waals surface area contributed by atoms with E-state index in [-0.39, 0.29) is 5.91 Å². The standard InChI is InChI=1S/C14H18ClNO2/c1-10(2)9-18-5-4-16-14(17)12-6-11(3)7-13(15)8-12/h6-8H,1,4-5,9H2,2-3H3,(H,16,17). The molecule has 0 heterocycles. The second-order valence-corrected chi connectivity index (χ2v) is 4.72. The van der Waals surface area contributed by atoms with Crippen LogP contribution in [0.25, 0.3) is 0 Å². The molecule has 0 spiro atoms. The van der Waals surface area contributed by atoms with Gasteiger partial charge < -0.3 is 10.1 Å². The number of rotatable bonds is 6. The van der Waals surface area contributed by atoms with Crippen molar-refractivity contribution in [1.29, 1.82) is 0 Å². The first-order valence-electron chi connectivity index (χ1n) is 5.76. The van der Waals surface area contributed by atoms with E-state index in [1.54, 1.807) is 12.1 Å². The van der Waals surface area contributed by atoms with Gasteiger partial charge in [-0.2, -0.15) is 0 Å². The average Bonchev–Trinajstić information content (AvgIpc) is 2.26. The number of ether oxygens (including phenoxy) is 1. The summed E-state index contributed by atoms with van der Waals surface area (Å²) in [6.07, 6.45) is 0. The fourth-order valence-corrected chi connectivity index (χ4v) is 1.74. The molecule has 0 unspecified atom stereocenters. The van der Waals surface area contributed by atoms with E-state index in [0.29, 0.717) is 30.3 Å². The van der Waals surface area contributed by atoms with Gasteiger partial charge in [0.2, 0.25) is 0 Å². The Bertz CT molecular complexity index is 423. The predicted molar refractivity (Wildman–Crippen MR) is 74.2 cm³/mol. The zero-order valence-corrected chi connectivity index (χ0v) is 11.5. The highest BCUT2D eigenvalue weighted by atomic mass is 35.5. The monoisotopic (exact) mass is 267 g/mol. The third-order valence-electron chi connectivity index (χ3n) is 2.18. The van der Waals surface area contributed by atoms with E-state index >= 15 is 0 Å². The molecule has 0 saturated carbocycles. The molecular formula is C14H18ClNO2. The lowest BCUT2D eigenvalue weighted by atomic mass is 10.1. The summed E-state index contributed by atoms with van der Waals surface area (Å²) in [4.78, 5) is 11.8. The molecule has 0 aliphatic heterocycles. The SMILES string of the molecule is C=C(C)COCCNC(=O)c1cc(C)cc(Cl)c1. The van der Waals surface area contributed by atoms with Crippen molar-refractivity contribution >= 4 is 17.5 Å². The fourth-order valence-electron chi connectivity index (χ4n) is 1.45. The number of carbonyl (C=O) groups excluding carboxylic acids is 1. The Morgan fingerprint density at radius 1 is 1.44 bits per heavy atom. The molecule has 0 bridgehead atoms. The number of amides is 1. The number of hydrogen-bond donors (Lipinski definition) is 1. The van der Waals surface area contributed by atoms with E-state index in [2.05, 4.69) is 11.9 Å². The van der Waals surface area contributed by atoms with Crippen LogP contribution in [0.2, 0.25) is 5.02 Å². The van der Waals surface area contributed by atoms with Crippen LogP contribution < -0.4 is 5.32 Å². The van der Waals surface area contributed by atoms with Crippen LogP contribution in [0.5, 0.6) is 0 Å². The van der Waals surface area contributed by atoms with Crippen LogP contribution in [-0.2, 0) is 4.74 Å².